The number of rotatable bonds is 2. The summed E-state index contributed by atoms with van der Waals surface area (Å²) < 4.78 is 26.2. The molecule has 1 nitrogen and oxygen atoms in total. The van der Waals surface area contributed by atoms with Gasteiger partial charge in [0.25, 0.3) is 6.43 Å². The molecule has 0 amide bonds. The molecule has 0 aromatic carbocycles. The van der Waals surface area contributed by atoms with Crippen LogP contribution in [0, 0.1) is 3.70 Å². The van der Waals surface area contributed by atoms with Gasteiger partial charge in [-0.2, -0.15) is 0 Å². The highest BCUT2D eigenvalue weighted by molar-refractivity contribution is 14.1. The van der Waals surface area contributed by atoms with Crippen molar-refractivity contribution in [3.05, 3.63) is 25.5 Å². The fourth-order valence-electron chi connectivity index (χ4n) is 0.812. The largest absolute Gasteiger partial charge is 0.265 e. The van der Waals surface area contributed by atoms with Crippen LogP contribution >= 0.6 is 54.5 Å². The number of nitrogens with zero attached hydrogens (tertiary/aromatic N) is 1. The molecule has 0 aliphatic rings. The van der Waals surface area contributed by atoms with Gasteiger partial charge in [-0.3, -0.25) is 0 Å². The van der Waals surface area contributed by atoms with E-state index < -0.39 is 6.43 Å². The van der Waals surface area contributed by atoms with Crippen LogP contribution in [0.1, 0.15) is 17.7 Å². The Morgan fingerprint density at radius 3 is 2.62 bits per heavy atom. The van der Waals surface area contributed by atoms with Crippen LogP contribution < -0.4 is 0 Å². The highest BCUT2D eigenvalue weighted by Gasteiger charge is 2.15. The predicted molar refractivity (Wildman–Crippen MR) is 62.2 cm³/mol. The van der Waals surface area contributed by atoms with E-state index in [0.29, 0.717) is 19.2 Å². The van der Waals surface area contributed by atoms with E-state index in [2.05, 4.69) is 36.8 Å². The highest BCUT2D eigenvalue weighted by atomic mass is 127. The van der Waals surface area contributed by atoms with E-state index in [1.165, 1.54) is 6.07 Å². The Kier molecular flexibility index (Phi) is 4.50. The first-order valence-corrected chi connectivity index (χ1v) is 6.24. The lowest BCUT2D eigenvalue weighted by atomic mass is 10.2. The van der Waals surface area contributed by atoms with Crippen molar-refractivity contribution in [2.75, 3.05) is 0 Å². The van der Waals surface area contributed by atoms with Crippen molar-refractivity contribution in [2.45, 2.75) is 11.8 Å². The third kappa shape index (κ3) is 2.82. The van der Waals surface area contributed by atoms with Crippen LogP contribution in [-0.4, -0.2) is 4.98 Å². The summed E-state index contributed by atoms with van der Waals surface area (Å²) in [6.07, 6.45) is -2.48. The third-order valence-corrected chi connectivity index (χ3v) is 4.11. The molecule has 0 aliphatic heterocycles. The van der Waals surface area contributed by atoms with Gasteiger partial charge < -0.3 is 0 Å². The van der Waals surface area contributed by atoms with Crippen molar-refractivity contribution in [3.63, 3.8) is 0 Å². The predicted octanol–water partition coefficient (Wildman–Crippen LogP) is 4.28. The van der Waals surface area contributed by atoms with Crippen molar-refractivity contribution in [2.24, 2.45) is 0 Å². The minimum absolute atomic E-state index is 0.0239. The molecular formula is C7H4Br2F2IN. The van der Waals surface area contributed by atoms with Crippen molar-refractivity contribution < 1.29 is 8.78 Å². The molecule has 1 aromatic heterocycles. The van der Waals surface area contributed by atoms with Crippen LogP contribution in [-0.2, 0) is 5.33 Å². The molecule has 0 radical (unpaired) electrons. The normalized spacial score (nSPS) is 10.9. The Balaban J connectivity index is 3.25. The Hall–Kier alpha value is 0.700. The van der Waals surface area contributed by atoms with Crippen molar-refractivity contribution in [1.29, 1.82) is 0 Å². The van der Waals surface area contributed by atoms with E-state index in [0.717, 1.165) is 0 Å². The zero-order valence-corrected chi connectivity index (χ0v) is 11.5. The maximum atomic E-state index is 12.4. The molecular weight excluding hydrogens is 423 g/mol. The van der Waals surface area contributed by atoms with Crippen LogP contribution in [0.5, 0.6) is 0 Å². The lowest BCUT2D eigenvalue weighted by Crippen LogP contribution is -1.98. The highest BCUT2D eigenvalue weighted by Crippen LogP contribution is 2.28. The molecule has 0 N–H and O–H groups in total. The molecule has 1 aromatic rings. The second kappa shape index (κ2) is 4.97. The summed E-state index contributed by atoms with van der Waals surface area (Å²) in [5.41, 5.74) is 0.367. The summed E-state index contributed by atoms with van der Waals surface area (Å²) in [7, 11) is 0. The average Bonchev–Trinajstić information content (AvgIpc) is 2.08. The first-order valence-electron chi connectivity index (χ1n) is 3.25. The fourth-order valence-corrected chi connectivity index (χ4v) is 2.04. The molecule has 0 aliphatic carbocycles. The van der Waals surface area contributed by atoms with Gasteiger partial charge in [-0.1, -0.05) is 15.9 Å². The summed E-state index contributed by atoms with van der Waals surface area (Å²) in [6, 6.07) is 1.41. The molecule has 1 heterocycles. The van der Waals surface area contributed by atoms with Crippen LogP contribution in [0.3, 0.4) is 0 Å². The van der Waals surface area contributed by atoms with Gasteiger partial charge in [0, 0.05) is 15.4 Å². The van der Waals surface area contributed by atoms with E-state index in [-0.39, 0.29) is 5.56 Å². The molecule has 13 heavy (non-hydrogen) atoms. The van der Waals surface area contributed by atoms with E-state index in [1.54, 1.807) is 0 Å². The van der Waals surface area contributed by atoms with Crippen LogP contribution in [0.4, 0.5) is 8.78 Å². The second-order valence-electron chi connectivity index (χ2n) is 2.23. The molecule has 6 heteroatoms. The van der Waals surface area contributed by atoms with Crippen LogP contribution in [0.15, 0.2) is 10.5 Å². The number of hydrogen-bond donors (Lipinski definition) is 0. The van der Waals surface area contributed by atoms with E-state index >= 15 is 0 Å². The number of hydrogen-bond acceptors (Lipinski definition) is 1. The Morgan fingerprint density at radius 1 is 1.54 bits per heavy atom. The SMILES string of the molecule is FC(F)c1cc(Br)c(I)nc1CBr. The first kappa shape index (κ1) is 11.8. The zero-order valence-electron chi connectivity index (χ0n) is 6.20. The van der Waals surface area contributed by atoms with Gasteiger partial charge in [-0.15, -0.1) is 0 Å². The monoisotopic (exact) mass is 425 g/mol. The summed E-state index contributed by atoms with van der Waals surface area (Å²) in [5.74, 6) is 0. The van der Waals surface area contributed by atoms with E-state index in [1.807, 2.05) is 22.6 Å². The zero-order chi connectivity index (χ0) is 10.0. The van der Waals surface area contributed by atoms with Crippen molar-refractivity contribution in [3.8, 4) is 0 Å². The average molecular weight is 427 g/mol. The van der Waals surface area contributed by atoms with Crippen LogP contribution in [0.25, 0.3) is 0 Å². The topological polar surface area (TPSA) is 12.9 Å². The Bertz CT molecular complexity index is 320. The summed E-state index contributed by atoms with van der Waals surface area (Å²) in [6.45, 7) is 0. The summed E-state index contributed by atoms with van der Waals surface area (Å²) in [4.78, 5) is 4.03. The Labute approximate surface area is 105 Å². The molecule has 72 valence electrons. The fraction of sp³-hybridized carbons (Fsp3) is 0.286. The minimum Gasteiger partial charge on any atom is -0.244 e. The number of pyridine rings is 1. The molecule has 0 spiro atoms. The number of aromatic nitrogens is 1. The number of halogens is 5. The van der Waals surface area contributed by atoms with Crippen molar-refractivity contribution in [1.82, 2.24) is 4.98 Å². The smallest absolute Gasteiger partial charge is 0.244 e. The first-order chi connectivity index (χ1) is 6.06. The Morgan fingerprint density at radius 2 is 2.15 bits per heavy atom. The molecule has 0 unspecified atom stereocenters. The van der Waals surface area contributed by atoms with Crippen LogP contribution in [0.2, 0.25) is 0 Å². The molecule has 0 bridgehead atoms. The van der Waals surface area contributed by atoms with Gasteiger partial charge in [0.1, 0.15) is 3.70 Å². The van der Waals surface area contributed by atoms with Gasteiger partial charge in [0.2, 0.25) is 0 Å². The lowest BCUT2D eigenvalue weighted by molar-refractivity contribution is 0.150. The summed E-state index contributed by atoms with van der Waals surface area (Å²) in [5, 5.41) is 0.343. The lowest BCUT2D eigenvalue weighted by Gasteiger charge is -2.07. The maximum Gasteiger partial charge on any atom is 0.265 e. The maximum absolute atomic E-state index is 12.4. The van der Waals surface area contributed by atoms with Gasteiger partial charge in [0.15, 0.2) is 0 Å². The van der Waals surface area contributed by atoms with Gasteiger partial charge in [0.05, 0.1) is 5.69 Å². The quantitative estimate of drug-likeness (QED) is 0.391. The standard InChI is InChI=1S/C7H4Br2F2IN/c8-2-5-3(6(10)11)1-4(9)7(12)13-5/h1,6H,2H2. The molecule has 0 saturated heterocycles. The minimum atomic E-state index is -2.48. The van der Waals surface area contributed by atoms with E-state index in [9.17, 15) is 8.78 Å². The molecule has 1 rings (SSSR count). The van der Waals surface area contributed by atoms with Gasteiger partial charge >= 0.3 is 0 Å². The molecule has 0 fully saturated rings. The number of alkyl halides is 3. The van der Waals surface area contributed by atoms with Crippen molar-refractivity contribution >= 4 is 54.5 Å². The van der Waals surface area contributed by atoms with Gasteiger partial charge in [-0.05, 0) is 44.6 Å². The van der Waals surface area contributed by atoms with E-state index in [4.69, 9.17) is 0 Å². The summed E-state index contributed by atoms with van der Waals surface area (Å²) >= 11 is 8.27. The third-order valence-electron chi connectivity index (χ3n) is 1.41. The second-order valence-corrected chi connectivity index (χ2v) is 4.67. The van der Waals surface area contributed by atoms with Gasteiger partial charge in [-0.25, -0.2) is 13.8 Å². The molecule has 0 saturated carbocycles. The molecule has 0 atom stereocenters.